The van der Waals surface area contributed by atoms with Gasteiger partial charge in [-0.05, 0) is 31.2 Å². The fourth-order valence-corrected chi connectivity index (χ4v) is 1.78. The van der Waals surface area contributed by atoms with Gasteiger partial charge in [0.05, 0.1) is 16.9 Å². The van der Waals surface area contributed by atoms with Crippen molar-refractivity contribution in [2.24, 2.45) is 0 Å². The van der Waals surface area contributed by atoms with Gasteiger partial charge in [0, 0.05) is 12.7 Å². The molecule has 0 atom stereocenters. The van der Waals surface area contributed by atoms with Gasteiger partial charge in [-0.15, -0.1) is 0 Å². The van der Waals surface area contributed by atoms with E-state index in [2.05, 4.69) is 35.5 Å². The summed E-state index contributed by atoms with van der Waals surface area (Å²) in [6, 6.07) is 6.33. The minimum absolute atomic E-state index is 0.651. The third-order valence-electron chi connectivity index (χ3n) is 2.45. The monoisotopic (exact) mass is 235 g/mol. The van der Waals surface area contributed by atoms with Gasteiger partial charge >= 0.3 is 0 Å². The number of nitrogens with one attached hydrogen (secondary N) is 1. The van der Waals surface area contributed by atoms with Gasteiger partial charge in [0.25, 0.3) is 0 Å². The zero-order valence-electron chi connectivity index (χ0n) is 9.37. The molecule has 0 aliphatic rings. The summed E-state index contributed by atoms with van der Waals surface area (Å²) >= 11 is 5.87. The van der Waals surface area contributed by atoms with E-state index in [1.165, 1.54) is 11.1 Å². The highest BCUT2D eigenvalue weighted by Gasteiger charge is 2.04. The minimum Gasteiger partial charge on any atom is -0.316 e. The molecular formula is C12H14ClN3. The maximum absolute atomic E-state index is 5.87. The highest BCUT2D eigenvalue weighted by Crippen LogP contribution is 2.17. The normalized spacial score (nSPS) is 10.7. The van der Waals surface area contributed by atoms with Crippen LogP contribution in [0.2, 0.25) is 5.02 Å². The van der Waals surface area contributed by atoms with Crippen LogP contribution in [0.1, 0.15) is 11.1 Å². The van der Waals surface area contributed by atoms with Gasteiger partial charge in [-0.2, -0.15) is 5.10 Å². The van der Waals surface area contributed by atoms with Crippen molar-refractivity contribution in [1.29, 1.82) is 0 Å². The molecule has 1 aromatic carbocycles. The van der Waals surface area contributed by atoms with Gasteiger partial charge < -0.3 is 5.32 Å². The van der Waals surface area contributed by atoms with Gasteiger partial charge in [0.2, 0.25) is 0 Å². The maximum Gasteiger partial charge on any atom is 0.0790 e. The van der Waals surface area contributed by atoms with Crippen LogP contribution >= 0.6 is 11.6 Å². The maximum atomic E-state index is 5.87. The molecule has 1 N–H and O–H groups in total. The summed E-state index contributed by atoms with van der Waals surface area (Å²) < 4.78 is 1.80. The number of rotatable bonds is 3. The van der Waals surface area contributed by atoms with Crippen molar-refractivity contribution < 1.29 is 0 Å². The van der Waals surface area contributed by atoms with Crippen molar-refractivity contribution >= 4 is 11.6 Å². The second-order valence-corrected chi connectivity index (χ2v) is 4.19. The van der Waals surface area contributed by atoms with Crippen molar-refractivity contribution in [2.45, 2.75) is 13.5 Å². The Bertz CT molecular complexity index is 491. The lowest BCUT2D eigenvalue weighted by molar-refractivity contribution is 0.809. The first-order valence-corrected chi connectivity index (χ1v) is 5.53. The first-order chi connectivity index (χ1) is 7.70. The topological polar surface area (TPSA) is 29.9 Å². The van der Waals surface area contributed by atoms with Crippen LogP contribution in [0.4, 0.5) is 0 Å². The Morgan fingerprint density at radius 1 is 1.44 bits per heavy atom. The lowest BCUT2D eigenvalue weighted by Crippen LogP contribution is -2.06. The molecule has 3 nitrogen and oxygen atoms in total. The van der Waals surface area contributed by atoms with E-state index in [0.717, 1.165) is 12.2 Å². The number of benzene rings is 1. The molecule has 16 heavy (non-hydrogen) atoms. The molecular weight excluding hydrogens is 222 g/mol. The zero-order valence-corrected chi connectivity index (χ0v) is 10.1. The van der Waals surface area contributed by atoms with Crippen molar-refractivity contribution in [3.8, 4) is 5.69 Å². The smallest absolute Gasteiger partial charge is 0.0790 e. The molecule has 0 saturated heterocycles. The summed E-state index contributed by atoms with van der Waals surface area (Å²) in [5, 5.41) is 8.00. The van der Waals surface area contributed by atoms with Gasteiger partial charge in [-0.25, -0.2) is 4.68 Å². The fraction of sp³-hybridized carbons (Fsp3) is 0.250. The summed E-state index contributed by atoms with van der Waals surface area (Å²) in [5.74, 6) is 0. The molecule has 0 unspecified atom stereocenters. The van der Waals surface area contributed by atoms with E-state index in [0.29, 0.717) is 5.02 Å². The molecule has 0 aliphatic carbocycles. The van der Waals surface area contributed by atoms with Gasteiger partial charge in [0.15, 0.2) is 0 Å². The van der Waals surface area contributed by atoms with E-state index in [4.69, 9.17) is 11.6 Å². The molecule has 1 aromatic heterocycles. The highest BCUT2D eigenvalue weighted by atomic mass is 35.5. The minimum atomic E-state index is 0.651. The van der Waals surface area contributed by atoms with Crippen LogP contribution in [0, 0.1) is 6.92 Å². The van der Waals surface area contributed by atoms with Gasteiger partial charge in [0.1, 0.15) is 0 Å². The van der Waals surface area contributed by atoms with Crippen LogP contribution in [0.3, 0.4) is 0 Å². The second kappa shape index (κ2) is 4.68. The summed E-state index contributed by atoms with van der Waals surface area (Å²) in [4.78, 5) is 0. The molecule has 2 rings (SSSR count). The molecule has 84 valence electrons. The van der Waals surface area contributed by atoms with E-state index < -0.39 is 0 Å². The van der Waals surface area contributed by atoms with E-state index in [-0.39, 0.29) is 0 Å². The first-order valence-electron chi connectivity index (χ1n) is 5.15. The van der Waals surface area contributed by atoms with Crippen molar-refractivity contribution in [3.63, 3.8) is 0 Å². The Labute approximate surface area is 100 Å². The zero-order chi connectivity index (χ0) is 11.5. The average Bonchev–Trinajstić information content (AvgIpc) is 2.68. The van der Waals surface area contributed by atoms with Crippen LogP contribution in [-0.2, 0) is 6.54 Å². The Balaban J connectivity index is 2.42. The van der Waals surface area contributed by atoms with E-state index in [1.807, 2.05) is 13.2 Å². The van der Waals surface area contributed by atoms with Crippen molar-refractivity contribution in [2.75, 3.05) is 7.05 Å². The molecule has 1 heterocycles. The number of halogens is 1. The van der Waals surface area contributed by atoms with E-state index in [9.17, 15) is 0 Å². The first kappa shape index (κ1) is 11.2. The molecule has 0 amide bonds. The summed E-state index contributed by atoms with van der Waals surface area (Å²) in [7, 11) is 1.93. The molecule has 0 saturated carbocycles. The molecule has 0 radical (unpaired) electrons. The number of hydrogen-bond donors (Lipinski definition) is 1. The molecule has 0 fully saturated rings. The van der Waals surface area contributed by atoms with Gasteiger partial charge in [-0.1, -0.05) is 23.7 Å². The van der Waals surface area contributed by atoms with E-state index >= 15 is 0 Å². The Morgan fingerprint density at radius 2 is 2.25 bits per heavy atom. The quantitative estimate of drug-likeness (QED) is 0.886. The molecule has 0 bridgehead atoms. The molecule has 2 aromatic rings. The number of hydrogen-bond acceptors (Lipinski definition) is 2. The van der Waals surface area contributed by atoms with Crippen LogP contribution in [-0.4, -0.2) is 16.8 Å². The van der Waals surface area contributed by atoms with Crippen molar-refractivity contribution in [3.05, 3.63) is 46.7 Å². The predicted octanol–water partition coefficient (Wildman–Crippen LogP) is 2.55. The lowest BCUT2D eigenvalue weighted by atomic mass is 10.1. The Hall–Kier alpha value is -1.32. The summed E-state index contributed by atoms with van der Waals surface area (Å²) in [5.41, 5.74) is 3.48. The van der Waals surface area contributed by atoms with E-state index in [1.54, 1.807) is 10.9 Å². The third-order valence-corrected chi connectivity index (χ3v) is 2.65. The molecule has 4 heteroatoms. The van der Waals surface area contributed by atoms with Crippen LogP contribution in [0.25, 0.3) is 5.69 Å². The lowest BCUT2D eigenvalue weighted by Gasteiger charge is -2.08. The predicted molar refractivity (Wildman–Crippen MR) is 66.1 cm³/mol. The number of aromatic nitrogens is 2. The second-order valence-electron chi connectivity index (χ2n) is 3.75. The fourth-order valence-electron chi connectivity index (χ4n) is 1.65. The molecule has 0 aliphatic heterocycles. The largest absolute Gasteiger partial charge is 0.316 e. The molecule has 0 spiro atoms. The SMILES string of the molecule is CNCc1ccc(C)c(-n2cc(Cl)cn2)c1. The summed E-state index contributed by atoms with van der Waals surface area (Å²) in [6.45, 7) is 2.91. The number of nitrogens with zero attached hydrogens (tertiary/aromatic N) is 2. The van der Waals surface area contributed by atoms with Gasteiger partial charge in [-0.3, -0.25) is 0 Å². The summed E-state index contributed by atoms with van der Waals surface area (Å²) in [6.07, 6.45) is 3.46. The van der Waals surface area contributed by atoms with Crippen LogP contribution in [0.15, 0.2) is 30.6 Å². The Morgan fingerprint density at radius 3 is 2.88 bits per heavy atom. The highest BCUT2D eigenvalue weighted by molar-refractivity contribution is 6.30. The van der Waals surface area contributed by atoms with Crippen molar-refractivity contribution in [1.82, 2.24) is 15.1 Å². The Kier molecular flexibility index (Phi) is 3.27. The average molecular weight is 236 g/mol. The third kappa shape index (κ3) is 2.26. The van der Waals surface area contributed by atoms with Crippen LogP contribution < -0.4 is 5.32 Å². The standard InChI is InChI=1S/C12H14ClN3/c1-9-3-4-10(6-14-2)5-12(9)16-8-11(13)7-15-16/h3-5,7-8,14H,6H2,1-2H3. The number of aryl methyl sites for hydroxylation is 1. The van der Waals surface area contributed by atoms with Crippen LogP contribution in [0.5, 0.6) is 0 Å².